The Kier molecular flexibility index (Phi) is 8.58. The number of aliphatic hydroxyl groups is 1. The molecule has 154 valence electrons. The van der Waals surface area contributed by atoms with Crippen molar-refractivity contribution in [1.29, 1.82) is 0 Å². The van der Waals surface area contributed by atoms with Crippen molar-refractivity contribution in [2.75, 3.05) is 51.8 Å². The summed E-state index contributed by atoms with van der Waals surface area (Å²) in [6, 6.07) is 5.30. The monoisotopic (exact) mass is 519 g/mol. The summed E-state index contributed by atoms with van der Waals surface area (Å²) in [4.78, 5) is 13.0. The summed E-state index contributed by atoms with van der Waals surface area (Å²) in [5.74, 6) is 1.69. The Hall–Kier alpha value is -1.79. The van der Waals surface area contributed by atoms with Crippen LogP contribution >= 0.6 is 35.3 Å². The highest BCUT2D eigenvalue weighted by molar-refractivity contribution is 14.0. The average molecular weight is 519 g/mol. The Bertz CT molecular complexity index is 744. The number of halogens is 1. The van der Waals surface area contributed by atoms with Gasteiger partial charge in [0, 0.05) is 43.8 Å². The van der Waals surface area contributed by atoms with Gasteiger partial charge >= 0.3 is 0 Å². The second-order valence-corrected chi connectivity index (χ2v) is 7.02. The van der Waals surface area contributed by atoms with Crippen molar-refractivity contribution >= 4 is 46.4 Å². The number of nitrogens with two attached hydrogens (primary N) is 1. The minimum absolute atomic E-state index is 0. The smallest absolute Gasteiger partial charge is 0.191 e. The van der Waals surface area contributed by atoms with Crippen molar-refractivity contribution in [2.45, 2.75) is 6.10 Å². The molecule has 3 rings (SSSR count). The van der Waals surface area contributed by atoms with Crippen molar-refractivity contribution in [3.8, 4) is 11.5 Å². The number of hydrogen-bond donors (Lipinski definition) is 2. The number of benzene rings is 1. The highest BCUT2D eigenvalue weighted by Gasteiger charge is 2.20. The summed E-state index contributed by atoms with van der Waals surface area (Å²) in [6.07, 6.45) is 1.03. The molecule has 1 aromatic heterocycles. The van der Waals surface area contributed by atoms with Gasteiger partial charge in [0.15, 0.2) is 11.1 Å². The fraction of sp³-hybridized carbons (Fsp3) is 0.444. The number of guanidine groups is 1. The highest BCUT2D eigenvalue weighted by atomic mass is 127. The van der Waals surface area contributed by atoms with Gasteiger partial charge in [-0.05, 0) is 17.7 Å². The third-order valence-electron chi connectivity index (χ3n) is 4.48. The lowest BCUT2D eigenvalue weighted by Gasteiger charge is -2.35. The first kappa shape index (κ1) is 22.5. The second kappa shape index (κ2) is 10.7. The summed E-state index contributed by atoms with van der Waals surface area (Å²) in [6.45, 7) is 3.42. The average Bonchev–Trinajstić information content (AvgIpc) is 3.26. The lowest BCUT2D eigenvalue weighted by molar-refractivity contribution is 0.185. The molecule has 0 radical (unpaired) electrons. The Labute approximate surface area is 186 Å². The minimum atomic E-state index is -0.788. The molecule has 0 amide bonds. The summed E-state index contributed by atoms with van der Waals surface area (Å²) in [5, 5.41) is 13.5. The Morgan fingerprint density at radius 1 is 1.21 bits per heavy atom. The van der Waals surface area contributed by atoms with E-state index in [4.69, 9.17) is 15.2 Å². The largest absolute Gasteiger partial charge is 0.497 e. The predicted molar refractivity (Wildman–Crippen MR) is 122 cm³/mol. The van der Waals surface area contributed by atoms with Gasteiger partial charge in [-0.25, -0.2) is 4.98 Å². The first-order valence-electron chi connectivity index (χ1n) is 8.71. The molecule has 0 aliphatic carbocycles. The number of thiazole rings is 1. The maximum atomic E-state index is 10.5. The number of nitrogens with zero attached hydrogens (tertiary/aromatic N) is 4. The number of aliphatic imine (C=N–C) groups is 1. The SMILES string of the molecule is COc1cc(OC)cc(C(O)CN=C(N)N2CCN(c3nccs3)CC2)c1.I. The molecule has 1 saturated heterocycles. The normalized spacial score (nSPS) is 15.8. The number of anilines is 1. The van der Waals surface area contributed by atoms with Crippen LogP contribution in [0.4, 0.5) is 5.13 Å². The third-order valence-corrected chi connectivity index (χ3v) is 5.31. The third kappa shape index (κ3) is 5.61. The van der Waals surface area contributed by atoms with Gasteiger partial charge in [0.05, 0.1) is 26.9 Å². The molecule has 8 nitrogen and oxygen atoms in total. The molecule has 2 heterocycles. The molecule has 3 N–H and O–H groups in total. The zero-order valence-electron chi connectivity index (χ0n) is 15.9. The molecule has 1 fully saturated rings. The standard InChI is InChI=1S/C18H25N5O3S.HI/c1-25-14-9-13(10-15(11-14)26-2)16(24)12-21-17(19)22-4-6-23(7-5-22)18-20-3-8-27-18;/h3,8-11,16,24H,4-7,12H2,1-2H3,(H2,19,21);1H. The Balaban J connectivity index is 0.00000280. The van der Waals surface area contributed by atoms with E-state index in [1.807, 2.05) is 16.5 Å². The highest BCUT2D eigenvalue weighted by Crippen LogP contribution is 2.26. The van der Waals surface area contributed by atoms with Gasteiger partial charge in [0.25, 0.3) is 0 Å². The zero-order chi connectivity index (χ0) is 19.2. The van der Waals surface area contributed by atoms with Crippen LogP contribution in [0.15, 0.2) is 34.8 Å². The lowest BCUT2D eigenvalue weighted by Crippen LogP contribution is -2.51. The van der Waals surface area contributed by atoms with Crippen LogP contribution in [-0.2, 0) is 0 Å². The van der Waals surface area contributed by atoms with E-state index < -0.39 is 6.10 Å². The van der Waals surface area contributed by atoms with Crippen LogP contribution in [0.25, 0.3) is 0 Å². The van der Waals surface area contributed by atoms with Crippen LogP contribution in [0.3, 0.4) is 0 Å². The number of rotatable bonds is 6. The molecule has 2 aromatic rings. The van der Waals surface area contributed by atoms with Gasteiger partial charge in [0.2, 0.25) is 0 Å². The van der Waals surface area contributed by atoms with Crippen molar-refractivity contribution in [3.63, 3.8) is 0 Å². The van der Waals surface area contributed by atoms with Gasteiger partial charge in [-0.3, -0.25) is 4.99 Å². The minimum Gasteiger partial charge on any atom is -0.497 e. The lowest BCUT2D eigenvalue weighted by atomic mass is 10.1. The summed E-state index contributed by atoms with van der Waals surface area (Å²) < 4.78 is 10.5. The molecule has 1 atom stereocenters. The maximum Gasteiger partial charge on any atom is 0.191 e. The van der Waals surface area contributed by atoms with E-state index >= 15 is 0 Å². The van der Waals surface area contributed by atoms with Gasteiger partial charge in [0.1, 0.15) is 11.5 Å². The molecule has 0 spiro atoms. The number of aromatic nitrogens is 1. The first-order valence-corrected chi connectivity index (χ1v) is 9.59. The molecular formula is C18H26IN5O3S. The molecule has 28 heavy (non-hydrogen) atoms. The van der Waals surface area contributed by atoms with Crippen LogP contribution in [0.2, 0.25) is 0 Å². The van der Waals surface area contributed by atoms with E-state index in [0.717, 1.165) is 31.3 Å². The van der Waals surface area contributed by atoms with Crippen LogP contribution in [0, 0.1) is 0 Å². The molecule has 1 aromatic carbocycles. The van der Waals surface area contributed by atoms with Gasteiger partial charge in [-0.1, -0.05) is 0 Å². The summed E-state index contributed by atoms with van der Waals surface area (Å²) in [5.41, 5.74) is 6.81. The number of aliphatic hydroxyl groups excluding tert-OH is 1. The first-order chi connectivity index (χ1) is 13.1. The Morgan fingerprint density at radius 3 is 2.39 bits per heavy atom. The van der Waals surface area contributed by atoms with E-state index in [0.29, 0.717) is 23.0 Å². The van der Waals surface area contributed by atoms with Crippen molar-refractivity contribution in [1.82, 2.24) is 9.88 Å². The van der Waals surface area contributed by atoms with Crippen molar-refractivity contribution in [3.05, 3.63) is 35.3 Å². The van der Waals surface area contributed by atoms with E-state index in [-0.39, 0.29) is 30.5 Å². The number of piperazine rings is 1. The van der Waals surface area contributed by atoms with Gasteiger partial charge in [-0.2, -0.15) is 0 Å². The molecule has 1 unspecified atom stereocenters. The maximum absolute atomic E-state index is 10.5. The quantitative estimate of drug-likeness (QED) is 0.342. The van der Waals surface area contributed by atoms with Crippen LogP contribution in [0.1, 0.15) is 11.7 Å². The zero-order valence-corrected chi connectivity index (χ0v) is 19.1. The molecule has 1 aliphatic heterocycles. The van der Waals surface area contributed by atoms with Crippen LogP contribution < -0.4 is 20.1 Å². The van der Waals surface area contributed by atoms with Crippen molar-refractivity contribution < 1.29 is 14.6 Å². The van der Waals surface area contributed by atoms with E-state index in [9.17, 15) is 5.11 Å². The van der Waals surface area contributed by atoms with Crippen molar-refractivity contribution in [2.24, 2.45) is 10.7 Å². The molecule has 10 heteroatoms. The predicted octanol–water partition coefficient (Wildman–Crippen LogP) is 1.95. The Morgan fingerprint density at radius 2 is 1.86 bits per heavy atom. The molecule has 1 aliphatic rings. The van der Waals surface area contributed by atoms with Crippen LogP contribution in [-0.4, -0.2) is 67.9 Å². The van der Waals surface area contributed by atoms with E-state index in [2.05, 4.69) is 14.9 Å². The van der Waals surface area contributed by atoms with E-state index in [1.165, 1.54) is 0 Å². The van der Waals surface area contributed by atoms with Crippen LogP contribution in [0.5, 0.6) is 11.5 Å². The number of hydrogen-bond acceptors (Lipinski definition) is 7. The van der Waals surface area contributed by atoms with E-state index in [1.54, 1.807) is 43.8 Å². The molecule has 0 bridgehead atoms. The summed E-state index contributed by atoms with van der Waals surface area (Å²) >= 11 is 1.64. The molecular weight excluding hydrogens is 493 g/mol. The van der Waals surface area contributed by atoms with Gasteiger partial charge < -0.3 is 30.1 Å². The topological polar surface area (TPSA) is 96.4 Å². The number of methoxy groups -OCH3 is 2. The second-order valence-electron chi connectivity index (χ2n) is 6.15. The summed E-state index contributed by atoms with van der Waals surface area (Å²) in [7, 11) is 3.15. The number of ether oxygens (including phenoxy) is 2. The van der Waals surface area contributed by atoms with Gasteiger partial charge in [-0.15, -0.1) is 35.3 Å². The molecule has 0 saturated carbocycles. The fourth-order valence-electron chi connectivity index (χ4n) is 2.91. The fourth-order valence-corrected chi connectivity index (χ4v) is 3.60.